The Morgan fingerprint density at radius 1 is 0.434 bits per heavy atom. The number of likely N-dealkylation sites (N-methyl/N-ethyl adjacent to an activating group) is 1. The van der Waals surface area contributed by atoms with E-state index >= 15 is 0 Å². The van der Waals surface area contributed by atoms with Gasteiger partial charge >= 0.3 is 7.82 Å². The smallest absolute Gasteiger partial charge is 0.387 e. The molecule has 0 aliphatic heterocycles. The maximum atomic E-state index is 13.0. The molecule has 0 bridgehead atoms. The average Bonchev–Trinajstić information content (AvgIpc) is 3.38. The van der Waals surface area contributed by atoms with Crippen molar-refractivity contribution in [2.24, 2.45) is 0 Å². The van der Waals surface area contributed by atoms with Crippen molar-refractivity contribution in [2.45, 2.75) is 347 Å². The van der Waals surface area contributed by atoms with Crippen molar-refractivity contribution in [3.63, 3.8) is 0 Å². The number of quaternary nitrogens is 1. The van der Waals surface area contributed by atoms with E-state index in [4.69, 9.17) is 9.05 Å². The Labute approximate surface area is 474 Å². The number of allylic oxidation sites excluding steroid dienone is 5. The van der Waals surface area contributed by atoms with E-state index in [0.29, 0.717) is 17.4 Å². The fraction of sp³-hybridized carbons (Fsp3) is 0.896. The number of aliphatic hydroxyl groups excluding tert-OH is 1. The van der Waals surface area contributed by atoms with Crippen LogP contribution in [0.3, 0.4) is 0 Å². The van der Waals surface area contributed by atoms with Crippen molar-refractivity contribution in [1.82, 2.24) is 5.32 Å². The van der Waals surface area contributed by atoms with Crippen LogP contribution in [0.2, 0.25) is 0 Å². The van der Waals surface area contributed by atoms with Gasteiger partial charge in [-0.3, -0.25) is 13.8 Å². The van der Waals surface area contributed by atoms with E-state index in [1.165, 1.54) is 276 Å². The lowest BCUT2D eigenvalue weighted by atomic mass is 10.0. The monoisotopic (exact) mass is 1090 g/mol. The first-order chi connectivity index (χ1) is 37.0. The van der Waals surface area contributed by atoms with Gasteiger partial charge in [0.25, 0.3) is 0 Å². The molecule has 0 saturated carbocycles. The molecule has 3 atom stereocenters. The van der Waals surface area contributed by atoms with Crippen molar-refractivity contribution in [2.75, 3.05) is 40.9 Å². The number of hydrogen-bond acceptors (Lipinski definition) is 5. The maximum Gasteiger partial charge on any atom is 0.472 e. The summed E-state index contributed by atoms with van der Waals surface area (Å²) in [4.78, 5) is 23.3. The molecule has 0 rings (SSSR count). The second-order valence-corrected chi connectivity index (χ2v) is 25.6. The third kappa shape index (κ3) is 60.4. The Kier molecular flexibility index (Phi) is 57.4. The minimum absolute atomic E-state index is 0.0581. The number of phosphoric ester groups is 1. The van der Waals surface area contributed by atoms with Gasteiger partial charge in [0, 0.05) is 6.42 Å². The van der Waals surface area contributed by atoms with Crippen LogP contribution in [0.5, 0.6) is 0 Å². The van der Waals surface area contributed by atoms with Crippen LogP contribution in [0, 0.1) is 0 Å². The number of carbonyl (C=O) groups is 1. The van der Waals surface area contributed by atoms with E-state index in [1.807, 2.05) is 27.2 Å². The number of rotatable bonds is 62. The molecule has 0 saturated heterocycles. The average molecular weight is 1090 g/mol. The molecule has 76 heavy (non-hydrogen) atoms. The largest absolute Gasteiger partial charge is 0.472 e. The number of nitrogens with zero attached hydrogens (tertiary/aromatic N) is 1. The van der Waals surface area contributed by atoms with Crippen LogP contribution in [0.25, 0.3) is 0 Å². The number of aliphatic hydroxyl groups is 1. The van der Waals surface area contributed by atoms with Crippen LogP contribution < -0.4 is 5.32 Å². The fourth-order valence-corrected chi connectivity index (χ4v) is 10.9. The molecule has 1 amide bonds. The summed E-state index contributed by atoms with van der Waals surface area (Å²) in [6.07, 6.45) is 77.3. The molecule has 0 aromatic rings. The summed E-state index contributed by atoms with van der Waals surface area (Å²) in [5.41, 5.74) is 0. The van der Waals surface area contributed by atoms with Gasteiger partial charge in [-0.15, -0.1) is 0 Å². The lowest BCUT2D eigenvalue weighted by molar-refractivity contribution is -0.870. The predicted molar refractivity (Wildman–Crippen MR) is 332 cm³/mol. The first kappa shape index (κ1) is 74.7. The topological polar surface area (TPSA) is 105 Å². The molecule has 0 fully saturated rings. The number of amides is 1. The van der Waals surface area contributed by atoms with Crippen molar-refractivity contribution in [3.05, 3.63) is 36.5 Å². The number of carbonyl (C=O) groups excluding carboxylic acids is 1. The lowest BCUT2D eigenvalue weighted by Crippen LogP contribution is -2.45. The van der Waals surface area contributed by atoms with Crippen LogP contribution in [0.4, 0.5) is 0 Å². The summed E-state index contributed by atoms with van der Waals surface area (Å²) in [5, 5.41) is 13.9. The number of hydrogen-bond donors (Lipinski definition) is 3. The van der Waals surface area contributed by atoms with Gasteiger partial charge in [0.15, 0.2) is 0 Å². The zero-order chi connectivity index (χ0) is 55.6. The van der Waals surface area contributed by atoms with Crippen molar-refractivity contribution in [1.29, 1.82) is 0 Å². The normalized spacial score (nSPS) is 13.9. The molecule has 9 heteroatoms. The minimum atomic E-state index is -4.35. The van der Waals surface area contributed by atoms with E-state index in [1.54, 1.807) is 6.08 Å². The van der Waals surface area contributed by atoms with Crippen molar-refractivity contribution < 1.29 is 32.9 Å². The van der Waals surface area contributed by atoms with Crippen molar-refractivity contribution in [3.8, 4) is 0 Å². The molecular weight excluding hydrogens is 960 g/mol. The zero-order valence-electron chi connectivity index (χ0n) is 51.5. The van der Waals surface area contributed by atoms with E-state index < -0.39 is 20.0 Å². The van der Waals surface area contributed by atoms with Gasteiger partial charge < -0.3 is 19.8 Å². The van der Waals surface area contributed by atoms with Crippen LogP contribution in [0.15, 0.2) is 36.5 Å². The van der Waals surface area contributed by atoms with Gasteiger partial charge in [-0.05, 0) is 57.8 Å². The van der Waals surface area contributed by atoms with Crippen molar-refractivity contribution >= 4 is 13.7 Å². The summed E-state index contributed by atoms with van der Waals surface area (Å²) in [7, 11) is 1.57. The number of unbranched alkanes of at least 4 members (excludes halogenated alkanes) is 45. The summed E-state index contributed by atoms with van der Waals surface area (Å²) in [5.74, 6) is -0.180. The molecular formula is C67H132N2O6P+. The quantitative estimate of drug-likeness (QED) is 0.0243. The molecule has 0 aromatic carbocycles. The molecule has 0 radical (unpaired) electrons. The summed E-state index contributed by atoms with van der Waals surface area (Å²) in [6.45, 7) is 4.83. The van der Waals surface area contributed by atoms with E-state index in [2.05, 4.69) is 43.5 Å². The van der Waals surface area contributed by atoms with Gasteiger partial charge in [-0.25, -0.2) is 4.57 Å². The second-order valence-electron chi connectivity index (χ2n) is 24.2. The van der Waals surface area contributed by atoms with Crippen LogP contribution >= 0.6 is 7.82 Å². The van der Waals surface area contributed by atoms with E-state index in [9.17, 15) is 19.4 Å². The molecule has 0 aromatic heterocycles. The summed E-state index contributed by atoms with van der Waals surface area (Å²) in [6, 6.07) is -0.862. The van der Waals surface area contributed by atoms with E-state index in [0.717, 1.165) is 38.5 Å². The minimum Gasteiger partial charge on any atom is -0.387 e. The van der Waals surface area contributed by atoms with Gasteiger partial charge in [-0.2, -0.15) is 0 Å². The molecule has 3 unspecified atom stereocenters. The Hall–Kier alpha value is -1.28. The molecule has 450 valence electrons. The Morgan fingerprint density at radius 3 is 1.05 bits per heavy atom. The number of phosphoric acid groups is 1. The van der Waals surface area contributed by atoms with Gasteiger partial charge in [0.1, 0.15) is 13.2 Å². The predicted octanol–water partition coefficient (Wildman–Crippen LogP) is 20.9. The van der Waals surface area contributed by atoms with E-state index in [-0.39, 0.29) is 19.1 Å². The lowest BCUT2D eigenvalue weighted by Gasteiger charge is -2.25. The highest BCUT2D eigenvalue weighted by atomic mass is 31.2. The van der Waals surface area contributed by atoms with Gasteiger partial charge in [0.05, 0.1) is 39.9 Å². The molecule has 0 heterocycles. The first-order valence-electron chi connectivity index (χ1n) is 33.4. The van der Waals surface area contributed by atoms with Crippen LogP contribution in [-0.4, -0.2) is 73.4 Å². The highest BCUT2D eigenvalue weighted by molar-refractivity contribution is 7.47. The summed E-state index contributed by atoms with van der Waals surface area (Å²) >= 11 is 0. The molecule has 0 aliphatic rings. The molecule has 8 nitrogen and oxygen atoms in total. The SMILES string of the molecule is CCCCCCCCCC/C=C\CCCCCCCCCCCCCCCCCCCCCCCCCCCC(=O)NC(COP(=O)(O)OCC[N+](C)(C)C)C(O)/C=C/CC/C=C/CCCCCCCCCCCCC. The standard InChI is InChI=1S/C67H131N2O6P/c1-6-8-10-12-14-16-18-20-22-24-25-26-27-28-29-30-31-32-33-34-35-36-37-38-39-40-41-42-43-45-47-49-51-53-55-57-59-61-67(71)68-65(64-75-76(72,73)74-63-62-69(3,4)5)66(70)60-58-56-54-52-50-48-46-44-23-21-19-17-15-13-11-9-7-2/h24-25,50,52,58,60,65-66,70H,6-23,26-49,51,53-57,59,61-64H2,1-5H3,(H-,68,71,72,73)/p+1/b25-24-,52-50+,60-58+. The van der Waals surface area contributed by atoms with Gasteiger partial charge in [0.2, 0.25) is 5.91 Å². The third-order valence-electron chi connectivity index (χ3n) is 15.3. The Balaban J connectivity index is 3.95. The van der Waals surface area contributed by atoms with Crippen LogP contribution in [-0.2, 0) is 18.4 Å². The second kappa shape index (κ2) is 58.4. The fourth-order valence-electron chi connectivity index (χ4n) is 10.1. The Bertz CT molecular complexity index is 1330. The van der Waals surface area contributed by atoms with Crippen LogP contribution in [0.1, 0.15) is 335 Å². The first-order valence-corrected chi connectivity index (χ1v) is 34.9. The maximum absolute atomic E-state index is 13.0. The Morgan fingerprint density at radius 2 is 0.724 bits per heavy atom. The zero-order valence-corrected chi connectivity index (χ0v) is 52.4. The third-order valence-corrected chi connectivity index (χ3v) is 16.3. The highest BCUT2D eigenvalue weighted by Crippen LogP contribution is 2.43. The van der Waals surface area contributed by atoms with Gasteiger partial charge in [-0.1, -0.05) is 307 Å². The number of nitrogens with one attached hydrogen (secondary N) is 1. The summed E-state index contributed by atoms with van der Waals surface area (Å²) < 4.78 is 23.7. The molecule has 3 N–H and O–H groups in total. The highest BCUT2D eigenvalue weighted by Gasteiger charge is 2.28. The molecule has 0 aliphatic carbocycles. The molecule has 0 spiro atoms.